The van der Waals surface area contributed by atoms with Crippen LogP contribution in [-0.2, 0) is 6.54 Å². The molecule has 1 fully saturated rings. The van der Waals surface area contributed by atoms with Crippen LogP contribution in [0.25, 0.3) is 0 Å². The number of anilines is 1. The van der Waals surface area contributed by atoms with Crippen LogP contribution in [-0.4, -0.2) is 35.2 Å². The molecule has 21 heavy (non-hydrogen) atoms. The van der Waals surface area contributed by atoms with Gasteiger partial charge in [0.15, 0.2) is 5.82 Å². The highest BCUT2D eigenvalue weighted by atomic mass is 16.1. The molecule has 0 spiro atoms. The second-order valence-corrected chi connectivity index (χ2v) is 5.91. The number of rotatable bonds is 6. The Morgan fingerprint density at radius 1 is 1.38 bits per heavy atom. The second kappa shape index (κ2) is 7.59. The van der Waals surface area contributed by atoms with Crippen LogP contribution in [0.3, 0.4) is 0 Å². The molecule has 5 heteroatoms. The van der Waals surface area contributed by atoms with E-state index in [4.69, 9.17) is 0 Å². The number of hydrogen-bond acceptors (Lipinski definition) is 4. The molecule has 1 aromatic heterocycles. The van der Waals surface area contributed by atoms with E-state index in [1.54, 1.807) is 17.0 Å². The minimum absolute atomic E-state index is 0.0376. The van der Waals surface area contributed by atoms with E-state index in [2.05, 4.69) is 29.0 Å². The topological polar surface area (TPSA) is 50.2 Å². The number of aromatic nitrogens is 2. The second-order valence-electron chi connectivity index (χ2n) is 5.91. The van der Waals surface area contributed by atoms with Gasteiger partial charge in [-0.15, -0.1) is 0 Å². The highest BCUT2D eigenvalue weighted by Gasteiger charge is 2.25. The molecular formula is C16H28N4O. The third-order valence-electron chi connectivity index (χ3n) is 4.50. The number of nitrogens with zero attached hydrogens (tertiary/aromatic N) is 3. The molecule has 0 bridgehead atoms. The summed E-state index contributed by atoms with van der Waals surface area (Å²) in [6.07, 6.45) is 6.92. The molecule has 1 unspecified atom stereocenters. The van der Waals surface area contributed by atoms with E-state index in [0.717, 1.165) is 32.5 Å². The minimum atomic E-state index is 0.0376. The summed E-state index contributed by atoms with van der Waals surface area (Å²) in [4.78, 5) is 18.8. The van der Waals surface area contributed by atoms with Crippen molar-refractivity contribution in [1.82, 2.24) is 14.9 Å². The molecule has 1 N–H and O–H groups in total. The molecule has 1 aromatic rings. The third-order valence-corrected chi connectivity index (χ3v) is 4.50. The maximum Gasteiger partial charge on any atom is 0.293 e. The van der Waals surface area contributed by atoms with Crippen molar-refractivity contribution in [1.29, 1.82) is 0 Å². The van der Waals surface area contributed by atoms with Crippen LogP contribution in [0.5, 0.6) is 0 Å². The lowest BCUT2D eigenvalue weighted by atomic mass is 9.90. The van der Waals surface area contributed by atoms with Crippen molar-refractivity contribution < 1.29 is 0 Å². The molecule has 1 aliphatic heterocycles. The summed E-state index contributed by atoms with van der Waals surface area (Å²) in [7, 11) is 0. The first-order valence-corrected chi connectivity index (χ1v) is 8.21. The summed E-state index contributed by atoms with van der Waals surface area (Å²) >= 11 is 0. The van der Waals surface area contributed by atoms with Gasteiger partial charge in [0.1, 0.15) is 0 Å². The van der Waals surface area contributed by atoms with Crippen LogP contribution >= 0.6 is 0 Å². The van der Waals surface area contributed by atoms with Gasteiger partial charge >= 0.3 is 0 Å². The minimum Gasteiger partial charge on any atom is -0.352 e. The average molecular weight is 292 g/mol. The molecule has 0 amide bonds. The van der Waals surface area contributed by atoms with E-state index in [9.17, 15) is 4.79 Å². The first-order chi connectivity index (χ1) is 10.2. The molecule has 5 nitrogen and oxygen atoms in total. The Hall–Kier alpha value is -1.36. The maximum absolute atomic E-state index is 12.3. The zero-order chi connectivity index (χ0) is 15.2. The molecule has 0 aliphatic carbocycles. The predicted octanol–water partition coefficient (Wildman–Crippen LogP) is 1.87. The van der Waals surface area contributed by atoms with E-state index < -0.39 is 0 Å². The molecule has 1 atom stereocenters. The van der Waals surface area contributed by atoms with Crippen molar-refractivity contribution in [2.45, 2.75) is 52.6 Å². The quantitative estimate of drug-likeness (QED) is 0.869. The van der Waals surface area contributed by atoms with Gasteiger partial charge in [-0.2, -0.15) is 0 Å². The Kier molecular flexibility index (Phi) is 5.79. The van der Waals surface area contributed by atoms with Crippen molar-refractivity contribution in [3.8, 4) is 0 Å². The lowest BCUT2D eigenvalue weighted by Gasteiger charge is -2.35. The fourth-order valence-corrected chi connectivity index (χ4v) is 3.05. The zero-order valence-electron chi connectivity index (χ0n) is 13.5. The molecule has 0 saturated carbocycles. The van der Waals surface area contributed by atoms with Crippen LogP contribution in [0, 0.1) is 5.92 Å². The summed E-state index contributed by atoms with van der Waals surface area (Å²) in [5, 5.41) is 3.59. The van der Waals surface area contributed by atoms with Crippen LogP contribution in [0.2, 0.25) is 0 Å². The van der Waals surface area contributed by atoms with Gasteiger partial charge in [-0.1, -0.05) is 6.92 Å². The standard InChI is InChI=1S/C16H28N4O/c1-4-8-17-13(3)14-6-10-20(11-7-14)15-16(21)19(5-2)12-9-18-15/h9,12-14,17H,4-8,10-11H2,1-3H3. The van der Waals surface area contributed by atoms with E-state index in [0.29, 0.717) is 24.3 Å². The Morgan fingerprint density at radius 2 is 2.10 bits per heavy atom. The normalized spacial score (nSPS) is 18.0. The number of hydrogen-bond donors (Lipinski definition) is 1. The van der Waals surface area contributed by atoms with Gasteiger partial charge in [-0.3, -0.25) is 4.79 Å². The van der Waals surface area contributed by atoms with Gasteiger partial charge < -0.3 is 14.8 Å². The molecule has 0 radical (unpaired) electrons. The van der Waals surface area contributed by atoms with Crippen molar-refractivity contribution >= 4 is 5.82 Å². The first kappa shape index (κ1) is 16.0. The van der Waals surface area contributed by atoms with Crippen LogP contribution in [0.4, 0.5) is 5.82 Å². The van der Waals surface area contributed by atoms with Crippen molar-refractivity contribution in [2.75, 3.05) is 24.5 Å². The maximum atomic E-state index is 12.3. The van der Waals surface area contributed by atoms with Crippen LogP contribution < -0.4 is 15.8 Å². The number of aryl methyl sites for hydroxylation is 1. The van der Waals surface area contributed by atoms with Gasteiger partial charge in [0.05, 0.1) is 0 Å². The van der Waals surface area contributed by atoms with Crippen molar-refractivity contribution in [2.24, 2.45) is 5.92 Å². The molecular weight excluding hydrogens is 264 g/mol. The zero-order valence-corrected chi connectivity index (χ0v) is 13.5. The van der Waals surface area contributed by atoms with Gasteiger partial charge in [-0.05, 0) is 45.6 Å². The number of nitrogens with one attached hydrogen (secondary N) is 1. The van der Waals surface area contributed by atoms with Gasteiger partial charge in [0.2, 0.25) is 0 Å². The molecule has 1 aliphatic rings. The highest BCUT2D eigenvalue weighted by Crippen LogP contribution is 2.22. The highest BCUT2D eigenvalue weighted by molar-refractivity contribution is 5.36. The average Bonchev–Trinajstić information content (AvgIpc) is 2.53. The molecule has 2 heterocycles. The van der Waals surface area contributed by atoms with E-state index in [1.807, 2.05) is 6.92 Å². The smallest absolute Gasteiger partial charge is 0.293 e. The first-order valence-electron chi connectivity index (χ1n) is 8.21. The van der Waals surface area contributed by atoms with Gasteiger partial charge in [-0.25, -0.2) is 4.98 Å². The number of piperidine rings is 1. The third kappa shape index (κ3) is 3.84. The van der Waals surface area contributed by atoms with Crippen molar-refractivity contribution in [3.63, 3.8) is 0 Å². The molecule has 118 valence electrons. The van der Waals surface area contributed by atoms with E-state index in [1.165, 1.54) is 6.42 Å². The SMILES string of the molecule is CCCNC(C)C1CCN(c2nccn(CC)c2=O)CC1. The molecule has 1 saturated heterocycles. The Labute approximate surface area is 127 Å². The fraction of sp³-hybridized carbons (Fsp3) is 0.750. The van der Waals surface area contributed by atoms with Crippen molar-refractivity contribution in [3.05, 3.63) is 22.7 Å². The Balaban J connectivity index is 1.97. The molecule has 0 aromatic carbocycles. The van der Waals surface area contributed by atoms with Crippen LogP contribution in [0.1, 0.15) is 40.0 Å². The Bertz CT molecular complexity index is 491. The lowest BCUT2D eigenvalue weighted by molar-refractivity contribution is 0.310. The van der Waals surface area contributed by atoms with Gasteiger partial charge in [0, 0.05) is 38.1 Å². The summed E-state index contributed by atoms with van der Waals surface area (Å²) in [6.45, 7) is 10.1. The monoisotopic (exact) mass is 292 g/mol. The predicted molar refractivity (Wildman–Crippen MR) is 86.9 cm³/mol. The summed E-state index contributed by atoms with van der Waals surface area (Å²) in [5.74, 6) is 1.32. The lowest BCUT2D eigenvalue weighted by Crippen LogP contribution is -2.44. The van der Waals surface area contributed by atoms with E-state index >= 15 is 0 Å². The van der Waals surface area contributed by atoms with E-state index in [-0.39, 0.29) is 5.56 Å². The summed E-state index contributed by atoms with van der Waals surface area (Å²) in [6, 6.07) is 0.558. The largest absolute Gasteiger partial charge is 0.352 e. The Morgan fingerprint density at radius 3 is 2.71 bits per heavy atom. The summed E-state index contributed by atoms with van der Waals surface area (Å²) in [5.41, 5.74) is 0.0376. The van der Waals surface area contributed by atoms with Gasteiger partial charge in [0.25, 0.3) is 5.56 Å². The van der Waals surface area contributed by atoms with Crippen LogP contribution in [0.15, 0.2) is 17.2 Å². The summed E-state index contributed by atoms with van der Waals surface area (Å²) < 4.78 is 1.72. The molecule has 2 rings (SSSR count). The fourth-order valence-electron chi connectivity index (χ4n) is 3.05.